The van der Waals surface area contributed by atoms with Crippen molar-refractivity contribution in [3.05, 3.63) is 60.2 Å². The van der Waals surface area contributed by atoms with Crippen molar-refractivity contribution in [2.45, 2.75) is 115 Å². The average molecular weight is 663 g/mol. The van der Waals surface area contributed by atoms with Gasteiger partial charge >= 0.3 is 11.9 Å². The molecule has 0 amide bonds. The lowest BCUT2D eigenvalue weighted by Crippen LogP contribution is -2.68. The smallest absolute Gasteiger partial charge is 0.327 e. The highest BCUT2D eigenvalue weighted by atomic mass is 16.8. The van der Waals surface area contributed by atoms with Gasteiger partial charge in [0.15, 0.2) is 29.6 Å². The van der Waals surface area contributed by atoms with E-state index in [1.54, 1.807) is 6.08 Å². The zero-order valence-corrected chi connectivity index (χ0v) is 28.8. The van der Waals surface area contributed by atoms with Crippen LogP contribution in [0, 0.1) is 17.8 Å². The second-order valence-corrected chi connectivity index (χ2v) is 12.6. The van der Waals surface area contributed by atoms with Gasteiger partial charge in [-0.05, 0) is 49.2 Å². The first-order valence-corrected chi connectivity index (χ1v) is 16.0. The Hall–Kier alpha value is -3.22. The molecule has 264 valence electrons. The van der Waals surface area contributed by atoms with Crippen LogP contribution >= 0.6 is 0 Å². The van der Waals surface area contributed by atoms with Gasteiger partial charge in [-0.3, -0.25) is 14.4 Å². The van der Waals surface area contributed by atoms with Crippen molar-refractivity contribution in [3.63, 3.8) is 0 Å². The Kier molecular flexibility index (Phi) is 16.9. The van der Waals surface area contributed by atoms with E-state index in [-0.39, 0.29) is 31.5 Å². The molecule has 2 saturated heterocycles. The zero-order chi connectivity index (χ0) is 36.0. The lowest BCUT2D eigenvalue weighted by Gasteiger charge is -2.49. The van der Waals surface area contributed by atoms with Crippen LogP contribution in [0.1, 0.15) is 79.2 Å². The average Bonchev–Trinajstić information content (AvgIpc) is 3.31. The maximum Gasteiger partial charge on any atom is 0.327 e. The van der Waals surface area contributed by atoms with E-state index in [9.17, 15) is 29.4 Å². The molecule has 3 rings (SSSR count). The first kappa shape index (κ1) is 41.8. The van der Waals surface area contributed by atoms with Crippen LogP contribution in [0.25, 0.3) is 0 Å². The van der Waals surface area contributed by atoms with Gasteiger partial charge in [-0.15, -0.1) is 0 Å². The van der Waals surface area contributed by atoms with Gasteiger partial charge in [0.1, 0.15) is 12.2 Å². The summed E-state index contributed by atoms with van der Waals surface area (Å²) in [5.41, 5.74) is -2.41. The quantitative estimate of drug-likeness (QED) is 0.0916. The van der Waals surface area contributed by atoms with Crippen LogP contribution in [-0.4, -0.2) is 87.3 Å². The maximum atomic E-state index is 11.9. The SMILES string of the molecule is C=C(CCC12OC(C)C(O)(C=O)C(C=O)(C[C@H]1O)O2)[C@@H](OC(C)=O)C(C)Cc1ccccc1.CC[C@H](C)C[C@H](C)/C=C/C(=O)O.CO. The van der Waals surface area contributed by atoms with Gasteiger partial charge in [0.25, 0.3) is 0 Å². The number of ether oxygens (including phenoxy) is 3. The largest absolute Gasteiger partial charge is 0.478 e. The van der Waals surface area contributed by atoms with Crippen molar-refractivity contribution >= 4 is 24.5 Å². The standard InChI is InChI=1S/C25H32O8.C10H18O2.CH4O/c1-16(22(31-19(4)28)17(2)12-20-8-6-5-7-9-20)10-11-25-21(29)13-23(14-26,33-25)24(30,15-27)18(3)32-25;1-4-8(2)7-9(3)5-6-10(11)12;1-2/h5-9,14-15,17-18,21-22,29-30H,1,10-13H2,2-4H3;5-6,8-9H,4,7H2,1-3H3,(H,11,12);2H,1H3/b;6-5+;/t17?,18?,21-,22-,23?,24?,25?;8-,9+;/m10./s1. The molecule has 2 bridgehead atoms. The Morgan fingerprint density at radius 1 is 1.13 bits per heavy atom. The fourth-order valence-electron chi connectivity index (χ4n) is 6.06. The number of allylic oxidation sites excluding steroid dienone is 1. The van der Waals surface area contributed by atoms with E-state index in [0.717, 1.165) is 25.5 Å². The molecular formula is C36H54O11. The third-order valence-electron chi connectivity index (χ3n) is 8.85. The van der Waals surface area contributed by atoms with Gasteiger partial charge in [0.05, 0.1) is 6.10 Å². The molecule has 0 aliphatic carbocycles. The molecule has 4 N–H and O–H groups in total. The summed E-state index contributed by atoms with van der Waals surface area (Å²) >= 11 is 0. The molecule has 2 aliphatic heterocycles. The third kappa shape index (κ3) is 10.9. The van der Waals surface area contributed by atoms with Crippen molar-refractivity contribution in [2.75, 3.05) is 7.11 Å². The normalized spacial score (nSPS) is 28.7. The van der Waals surface area contributed by atoms with Crippen LogP contribution in [0.2, 0.25) is 0 Å². The molecular weight excluding hydrogens is 608 g/mol. The van der Waals surface area contributed by atoms with Gasteiger partial charge in [0, 0.05) is 38.9 Å². The molecule has 11 heteroatoms. The number of benzene rings is 1. The Morgan fingerprint density at radius 3 is 2.26 bits per heavy atom. The summed E-state index contributed by atoms with van der Waals surface area (Å²) in [6, 6.07) is 9.81. The Morgan fingerprint density at radius 2 is 1.74 bits per heavy atom. The van der Waals surface area contributed by atoms with Crippen LogP contribution in [0.5, 0.6) is 0 Å². The molecule has 1 aromatic rings. The number of aliphatic carboxylic acids is 1. The summed E-state index contributed by atoms with van der Waals surface area (Å²) in [7, 11) is 1.00. The van der Waals surface area contributed by atoms with E-state index in [2.05, 4.69) is 20.4 Å². The van der Waals surface area contributed by atoms with Crippen molar-refractivity contribution in [3.8, 4) is 0 Å². The predicted molar refractivity (Wildman–Crippen MR) is 176 cm³/mol. The summed E-state index contributed by atoms with van der Waals surface area (Å²) in [6.07, 6.45) is 3.64. The van der Waals surface area contributed by atoms with E-state index in [1.807, 2.05) is 44.2 Å². The molecule has 1 aromatic carbocycles. The summed E-state index contributed by atoms with van der Waals surface area (Å²) in [6.45, 7) is 15.3. The lowest BCUT2D eigenvalue weighted by atomic mass is 9.79. The fraction of sp³-hybridized carbons (Fsp3) is 0.611. The lowest BCUT2D eigenvalue weighted by molar-refractivity contribution is -0.364. The number of aliphatic hydroxyl groups excluding tert-OH is 2. The van der Waals surface area contributed by atoms with Crippen LogP contribution in [0.4, 0.5) is 0 Å². The number of aliphatic hydroxyl groups is 3. The highest BCUT2D eigenvalue weighted by Crippen LogP contribution is 2.52. The number of carbonyl (C=O) groups is 4. The number of fused-ring (bicyclic) bond motifs is 2. The number of hydrogen-bond donors (Lipinski definition) is 4. The van der Waals surface area contributed by atoms with E-state index >= 15 is 0 Å². The summed E-state index contributed by atoms with van der Waals surface area (Å²) in [5.74, 6) is -1.91. The van der Waals surface area contributed by atoms with Crippen molar-refractivity contribution in [2.24, 2.45) is 17.8 Å². The van der Waals surface area contributed by atoms with Crippen molar-refractivity contribution < 1.29 is 53.8 Å². The molecule has 2 heterocycles. The first-order valence-electron chi connectivity index (χ1n) is 16.0. The number of aldehydes is 2. The second kappa shape index (κ2) is 18.9. The minimum atomic E-state index is -2.21. The minimum Gasteiger partial charge on any atom is -0.478 e. The molecule has 0 radical (unpaired) electrons. The predicted octanol–water partition coefficient (Wildman–Crippen LogP) is 4.21. The van der Waals surface area contributed by atoms with E-state index in [1.165, 1.54) is 19.9 Å². The van der Waals surface area contributed by atoms with Crippen molar-refractivity contribution in [1.29, 1.82) is 0 Å². The monoisotopic (exact) mass is 662 g/mol. The number of rotatable bonds is 15. The number of esters is 1. The summed E-state index contributed by atoms with van der Waals surface area (Å²) in [4.78, 5) is 45.5. The number of carboxylic acid groups (broad SMARTS) is 1. The Labute approximate surface area is 278 Å². The van der Waals surface area contributed by atoms with E-state index in [4.69, 9.17) is 24.4 Å². The molecule has 47 heavy (non-hydrogen) atoms. The number of carbonyl (C=O) groups excluding carboxylic acids is 3. The number of hydrogen-bond acceptors (Lipinski definition) is 10. The Balaban J connectivity index is 0.000000667. The maximum absolute atomic E-state index is 11.9. The molecule has 5 unspecified atom stereocenters. The van der Waals surface area contributed by atoms with Crippen LogP contribution < -0.4 is 0 Å². The number of carboxylic acids is 1. The summed E-state index contributed by atoms with van der Waals surface area (Å²) in [5, 5.41) is 36.9. The molecule has 0 saturated carbocycles. The zero-order valence-electron chi connectivity index (χ0n) is 28.8. The van der Waals surface area contributed by atoms with Crippen LogP contribution in [0.15, 0.2) is 54.6 Å². The molecule has 0 spiro atoms. The van der Waals surface area contributed by atoms with Gasteiger partial charge in [0.2, 0.25) is 0 Å². The van der Waals surface area contributed by atoms with Gasteiger partial charge in [-0.2, -0.15) is 0 Å². The van der Waals surface area contributed by atoms with Gasteiger partial charge < -0.3 is 34.6 Å². The topological polar surface area (TPSA) is 177 Å². The minimum absolute atomic E-state index is 0.0730. The van der Waals surface area contributed by atoms with Gasteiger partial charge in [-0.1, -0.05) is 77.1 Å². The van der Waals surface area contributed by atoms with Gasteiger partial charge in [-0.25, -0.2) is 4.79 Å². The molecule has 11 nitrogen and oxygen atoms in total. The Bertz CT molecular complexity index is 1200. The molecule has 9 atom stereocenters. The highest BCUT2D eigenvalue weighted by molar-refractivity contribution is 5.80. The van der Waals surface area contributed by atoms with Crippen LogP contribution in [0.3, 0.4) is 0 Å². The van der Waals surface area contributed by atoms with Crippen LogP contribution in [-0.2, 0) is 39.8 Å². The third-order valence-corrected chi connectivity index (χ3v) is 8.85. The molecule has 0 aromatic heterocycles. The molecule has 2 aliphatic rings. The first-order chi connectivity index (χ1) is 22.1. The molecule has 2 fully saturated rings. The highest BCUT2D eigenvalue weighted by Gasteiger charge is 2.72. The fourth-order valence-corrected chi connectivity index (χ4v) is 6.06. The summed E-state index contributed by atoms with van der Waals surface area (Å²) < 4.78 is 17.2. The second-order valence-electron chi connectivity index (χ2n) is 12.6. The van der Waals surface area contributed by atoms with E-state index < -0.39 is 47.2 Å². The van der Waals surface area contributed by atoms with Crippen molar-refractivity contribution in [1.82, 2.24) is 0 Å². The van der Waals surface area contributed by atoms with E-state index in [0.29, 0.717) is 30.1 Å².